The van der Waals surface area contributed by atoms with E-state index in [1.54, 1.807) is 6.92 Å². The minimum Gasteiger partial charge on any atom is -0.456 e. The van der Waals surface area contributed by atoms with Crippen LogP contribution < -0.4 is 14.5 Å². The molecule has 2 aliphatic heterocycles. The number of hydrogen-bond acceptors (Lipinski definition) is 6. The standard InChI is InChI=1S/C33H30N2O4/c1-5-35(6-2)25-15-17-28-31(20-25)38-30-18-16-24(34(4)23-13-11-22(12-14-23)21(3)36)19-29(30)33(28)27-10-8-7-9-26(27)32(37)39-33/h7-20H,5-6H2,1-4H3. The lowest BCUT2D eigenvalue weighted by molar-refractivity contribution is 0.0224. The molecule has 0 aromatic heterocycles. The Morgan fingerprint density at radius 1 is 0.769 bits per heavy atom. The van der Waals surface area contributed by atoms with Crippen LogP contribution in [0.3, 0.4) is 0 Å². The van der Waals surface area contributed by atoms with Gasteiger partial charge in [-0.25, -0.2) is 4.79 Å². The van der Waals surface area contributed by atoms with Crippen LogP contribution in [0.2, 0.25) is 0 Å². The zero-order chi connectivity index (χ0) is 27.3. The number of esters is 1. The van der Waals surface area contributed by atoms with E-state index in [9.17, 15) is 9.59 Å². The third kappa shape index (κ3) is 3.78. The van der Waals surface area contributed by atoms with E-state index in [1.807, 2.05) is 90.8 Å². The fourth-order valence-electron chi connectivity index (χ4n) is 5.71. The quantitative estimate of drug-likeness (QED) is 0.201. The number of hydrogen-bond donors (Lipinski definition) is 0. The first-order chi connectivity index (χ1) is 18.9. The maximum atomic E-state index is 13.2. The largest absolute Gasteiger partial charge is 0.456 e. The lowest BCUT2D eigenvalue weighted by Crippen LogP contribution is -2.33. The van der Waals surface area contributed by atoms with E-state index in [0.717, 1.165) is 46.8 Å². The third-order valence-corrected chi connectivity index (χ3v) is 7.86. The molecule has 2 aliphatic rings. The Kier molecular flexibility index (Phi) is 5.91. The van der Waals surface area contributed by atoms with Gasteiger partial charge in [0.2, 0.25) is 0 Å². The van der Waals surface area contributed by atoms with Crippen molar-refractivity contribution in [2.75, 3.05) is 29.9 Å². The molecule has 6 rings (SSSR count). The van der Waals surface area contributed by atoms with Crippen LogP contribution in [0.15, 0.2) is 84.9 Å². The Morgan fingerprint density at radius 3 is 2.18 bits per heavy atom. The Balaban J connectivity index is 1.52. The summed E-state index contributed by atoms with van der Waals surface area (Å²) in [6.07, 6.45) is 0. The van der Waals surface area contributed by atoms with Gasteiger partial charge in [-0.05, 0) is 81.4 Å². The van der Waals surface area contributed by atoms with Crippen molar-refractivity contribution >= 4 is 28.8 Å². The Hall–Kier alpha value is -4.58. The first-order valence-corrected chi connectivity index (χ1v) is 13.3. The summed E-state index contributed by atoms with van der Waals surface area (Å²) in [6, 6.07) is 27.2. The maximum Gasteiger partial charge on any atom is 0.340 e. The van der Waals surface area contributed by atoms with E-state index >= 15 is 0 Å². The molecule has 0 N–H and O–H groups in total. The van der Waals surface area contributed by atoms with Crippen molar-refractivity contribution in [3.05, 3.63) is 113 Å². The van der Waals surface area contributed by atoms with Crippen LogP contribution in [-0.4, -0.2) is 31.9 Å². The number of benzene rings is 4. The molecule has 0 radical (unpaired) electrons. The summed E-state index contributed by atoms with van der Waals surface area (Å²) < 4.78 is 12.9. The van der Waals surface area contributed by atoms with Gasteiger partial charge in [0, 0.05) is 65.5 Å². The highest BCUT2D eigenvalue weighted by molar-refractivity contribution is 5.97. The monoisotopic (exact) mass is 518 g/mol. The summed E-state index contributed by atoms with van der Waals surface area (Å²) in [5.74, 6) is 1.00. The molecule has 0 bridgehead atoms. The molecule has 1 spiro atoms. The van der Waals surface area contributed by atoms with Gasteiger partial charge in [-0.1, -0.05) is 18.2 Å². The van der Waals surface area contributed by atoms with Gasteiger partial charge in [-0.15, -0.1) is 0 Å². The van der Waals surface area contributed by atoms with Crippen LogP contribution in [-0.2, 0) is 10.3 Å². The molecule has 39 heavy (non-hydrogen) atoms. The number of Topliss-reactive ketones (excluding diaryl/α,β-unsaturated/α-hetero) is 1. The predicted molar refractivity (Wildman–Crippen MR) is 153 cm³/mol. The number of fused-ring (bicyclic) bond motifs is 6. The van der Waals surface area contributed by atoms with E-state index in [0.29, 0.717) is 22.6 Å². The summed E-state index contributed by atoms with van der Waals surface area (Å²) >= 11 is 0. The van der Waals surface area contributed by atoms with Gasteiger partial charge in [0.05, 0.1) is 5.56 Å². The predicted octanol–water partition coefficient (Wildman–Crippen LogP) is 7.07. The van der Waals surface area contributed by atoms with Gasteiger partial charge in [0.25, 0.3) is 0 Å². The molecule has 0 amide bonds. The number of anilines is 3. The summed E-state index contributed by atoms with van der Waals surface area (Å²) in [7, 11) is 1.97. The smallest absolute Gasteiger partial charge is 0.340 e. The van der Waals surface area contributed by atoms with Crippen molar-refractivity contribution in [1.82, 2.24) is 0 Å². The first-order valence-electron chi connectivity index (χ1n) is 13.3. The Labute approximate surface area is 228 Å². The van der Waals surface area contributed by atoms with Crippen LogP contribution in [0, 0.1) is 0 Å². The van der Waals surface area contributed by atoms with Crippen LogP contribution in [0.4, 0.5) is 17.1 Å². The number of carbonyl (C=O) groups is 2. The second-order valence-electron chi connectivity index (χ2n) is 9.91. The highest BCUT2D eigenvalue weighted by Gasteiger charge is 2.53. The van der Waals surface area contributed by atoms with E-state index in [2.05, 4.69) is 24.8 Å². The molecular formula is C33H30N2O4. The van der Waals surface area contributed by atoms with Crippen molar-refractivity contribution in [1.29, 1.82) is 0 Å². The number of ether oxygens (including phenoxy) is 2. The first kappa shape index (κ1) is 24.7. The highest BCUT2D eigenvalue weighted by Crippen LogP contribution is 2.57. The summed E-state index contributed by atoms with van der Waals surface area (Å²) in [5, 5.41) is 0. The maximum absolute atomic E-state index is 13.2. The molecule has 0 fully saturated rings. The minimum atomic E-state index is -1.13. The average molecular weight is 519 g/mol. The molecule has 6 heteroatoms. The number of nitrogens with zero attached hydrogens (tertiary/aromatic N) is 2. The van der Waals surface area contributed by atoms with E-state index in [-0.39, 0.29) is 11.8 Å². The fraction of sp³-hybridized carbons (Fsp3) is 0.212. The van der Waals surface area contributed by atoms with Gasteiger partial charge in [-0.3, -0.25) is 4.79 Å². The topological polar surface area (TPSA) is 59.1 Å². The molecule has 6 nitrogen and oxygen atoms in total. The van der Waals surface area contributed by atoms with Gasteiger partial charge in [0.1, 0.15) is 11.5 Å². The Bertz CT molecular complexity index is 1610. The second-order valence-corrected chi connectivity index (χ2v) is 9.91. The summed E-state index contributed by atoms with van der Waals surface area (Å²) in [4.78, 5) is 29.3. The van der Waals surface area contributed by atoms with Crippen LogP contribution in [0.1, 0.15) is 58.2 Å². The van der Waals surface area contributed by atoms with Crippen molar-refractivity contribution in [3.63, 3.8) is 0 Å². The van der Waals surface area contributed by atoms with E-state index < -0.39 is 5.60 Å². The summed E-state index contributed by atoms with van der Waals surface area (Å²) in [5.41, 5.74) is 5.36. The minimum absolute atomic E-state index is 0.0293. The molecule has 1 atom stereocenters. The lowest BCUT2D eigenvalue weighted by atomic mass is 9.77. The van der Waals surface area contributed by atoms with E-state index in [4.69, 9.17) is 9.47 Å². The molecule has 0 aliphatic carbocycles. The molecule has 2 heterocycles. The molecule has 0 saturated carbocycles. The normalized spacial score (nSPS) is 16.6. The summed E-state index contributed by atoms with van der Waals surface area (Å²) in [6.45, 7) is 7.56. The van der Waals surface area contributed by atoms with E-state index in [1.165, 1.54) is 0 Å². The number of ketones is 1. The van der Waals surface area contributed by atoms with Crippen molar-refractivity contribution in [3.8, 4) is 11.5 Å². The fourth-order valence-corrected chi connectivity index (χ4v) is 5.71. The third-order valence-electron chi connectivity index (χ3n) is 7.86. The molecule has 1 unspecified atom stereocenters. The zero-order valence-electron chi connectivity index (χ0n) is 22.5. The second kappa shape index (κ2) is 9.31. The highest BCUT2D eigenvalue weighted by atomic mass is 16.6. The molecule has 196 valence electrons. The average Bonchev–Trinajstić information content (AvgIpc) is 3.26. The van der Waals surface area contributed by atoms with Crippen LogP contribution in [0.25, 0.3) is 0 Å². The lowest BCUT2D eigenvalue weighted by Gasteiger charge is -2.38. The van der Waals surface area contributed by atoms with Gasteiger partial charge < -0.3 is 19.3 Å². The van der Waals surface area contributed by atoms with Gasteiger partial charge in [-0.2, -0.15) is 0 Å². The Morgan fingerprint density at radius 2 is 1.46 bits per heavy atom. The molecule has 4 aromatic rings. The molecular weight excluding hydrogens is 488 g/mol. The number of carbonyl (C=O) groups excluding carboxylic acids is 2. The SMILES string of the molecule is CCN(CC)c1ccc2c(c1)Oc1ccc(N(C)c3ccc(C(C)=O)cc3)cc1C21OC(=O)c2ccccc21. The number of rotatable bonds is 6. The molecule has 0 saturated heterocycles. The van der Waals surface area contributed by atoms with Gasteiger partial charge >= 0.3 is 5.97 Å². The van der Waals surface area contributed by atoms with Gasteiger partial charge in [0.15, 0.2) is 11.4 Å². The van der Waals surface area contributed by atoms with Crippen LogP contribution >= 0.6 is 0 Å². The van der Waals surface area contributed by atoms with Crippen molar-refractivity contribution in [2.24, 2.45) is 0 Å². The van der Waals surface area contributed by atoms with Crippen LogP contribution in [0.5, 0.6) is 11.5 Å². The van der Waals surface area contributed by atoms with Crippen molar-refractivity contribution < 1.29 is 19.1 Å². The molecule has 4 aromatic carbocycles. The van der Waals surface area contributed by atoms with Crippen molar-refractivity contribution in [2.45, 2.75) is 26.4 Å². The zero-order valence-corrected chi connectivity index (χ0v) is 22.5.